The first-order chi connectivity index (χ1) is 17.5. The predicted octanol–water partition coefficient (Wildman–Crippen LogP) is 4.64. The van der Waals surface area contributed by atoms with Crippen LogP contribution in [0.5, 0.6) is 11.5 Å². The molecule has 36 heavy (non-hydrogen) atoms. The standard InChI is InChI=1S/C29H32N2O5/c1-34-22-8-6-21(7-9-22)29(10-11-29)27(33)31-17-14-28(19-31)12-15-30(16-13-28)26(32)24-18-20-4-3-5-23(35-2)25(20)36-24/h3-9,18H,10-17,19H2,1-2H3. The summed E-state index contributed by atoms with van der Waals surface area (Å²) >= 11 is 0. The van der Waals surface area contributed by atoms with Crippen molar-refractivity contribution in [3.63, 3.8) is 0 Å². The minimum Gasteiger partial charge on any atom is -0.497 e. The van der Waals surface area contributed by atoms with Crippen LogP contribution in [0.2, 0.25) is 0 Å². The summed E-state index contributed by atoms with van der Waals surface area (Å²) in [6.07, 6.45) is 4.63. The maximum Gasteiger partial charge on any atom is 0.289 e. The maximum atomic E-state index is 13.6. The number of hydrogen-bond acceptors (Lipinski definition) is 5. The molecule has 0 N–H and O–H groups in total. The van der Waals surface area contributed by atoms with Crippen molar-refractivity contribution in [3.05, 3.63) is 59.9 Å². The first-order valence-corrected chi connectivity index (χ1v) is 12.8. The van der Waals surface area contributed by atoms with Gasteiger partial charge in [0.1, 0.15) is 5.75 Å². The summed E-state index contributed by atoms with van der Waals surface area (Å²) in [4.78, 5) is 30.8. The minimum absolute atomic E-state index is 0.0783. The Bertz CT molecular complexity index is 1300. The third kappa shape index (κ3) is 3.72. The molecule has 1 spiro atoms. The summed E-state index contributed by atoms with van der Waals surface area (Å²) in [7, 11) is 3.25. The molecule has 3 fully saturated rings. The molecule has 2 aromatic carbocycles. The number of para-hydroxylation sites is 1. The number of piperidine rings is 1. The smallest absolute Gasteiger partial charge is 0.289 e. The minimum atomic E-state index is -0.364. The van der Waals surface area contributed by atoms with Crippen LogP contribution in [0, 0.1) is 5.41 Å². The van der Waals surface area contributed by atoms with Crippen LogP contribution >= 0.6 is 0 Å². The molecular formula is C29H32N2O5. The number of benzene rings is 2. The molecule has 0 atom stereocenters. The van der Waals surface area contributed by atoms with Gasteiger partial charge in [-0.15, -0.1) is 0 Å². The van der Waals surface area contributed by atoms with Crippen molar-refractivity contribution in [2.45, 2.75) is 37.5 Å². The number of amides is 2. The van der Waals surface area contributed by atoms with Crippen molar-refractivity contribution in [3.8, 4) is 11.5 Å². The molecule has 7 heteroatoms. The van der Waals surface area contributed by atoms with Crippen molar-refractivity contribution < 1.29 is 23.5 Å². The van der Waals surface area contributed by atoms with Gasteiger partial charge in [-0.05, 0) is 67.3 Å². The van der Waals surface area contributed by atoms with Crippen LogP contribution in [0.1, 0.15) is 48.2 Å². The van der Waals surface area contributed by atoms with Gasteiger partial charge in [-0.3, -0.25) is 9.59 Å². The molecule has 0 bridgehead atoms. The van der Waals surface area contributed by atoms with Crippen LogP contribution < -0.4 is 9.47 Å². The van der Waals surface area contributed by atoms with Crippen LogP contribution in [-0.2, 0) is 10.2 Å². The molecular weight excluding hydrogens is 456 g/mol. The second kappa shape index (κ2) is 8.57. The van der Waals surface area contributed by atoms with E-state index in [9.17, 15) is 9.59 Å². The summed E-state index contributed by atoms with van der Waals surface area (Å²) in [6.45, 7) is 2.94. The Kier molecular flexibility index (Phi) is 5.47. The fourth-order valence-electron chi connectivity index (χ4n) is 6.12. The molecule has 1 aliphatic carbocycles. The van der Waals surface area contributed by atoms with E-state index < -0.39 is 0 Å². The number of carbonyl (C=O) groups is 2. The van der Waals surface area contributed by atoms with Gasteiger partial charge in [-0.25, -0.2) is 0 Å². The summed E-state index contributed by atoms with van der Waals surface area (Å²) in [5.74, 6) is 1.97. The number of methoxy groups -OCH3 is 2. The lowest BCUT2D eigenvalue weighted by molar-refractivity contribution is -0.133. The van der Waals surface area contributed by atoms with E-state index in [4.69, 9.17) is 13.9 Å². The summed E-state index contributed by atoms with van der Waals surface area (Å²) in [5.41, 5.74) is 1.43. The van der Waals surface area contributed by atoms with Crippen LogP contribution in [0.15, 0.2) is 52.9 Å². The van der Waals surface area contributed by atoms with Crippen molar-refractivity contribution in [2.75, 3.05) is 40.4 Å². The van der Waals surface area contributed by atoms with Gasteiger partial charge in [0.2, 0.25) is 5.91 Å². The lowest BCUT2D eigenvalue weighted by Crippen LogP contribution is -2.45. The molecule has 3 heterocycles. The van der Waals surface area contributed by atoms with E-state index in [1.54, 1.807) is 20.3 Å². The van der Waals surface area contributed by atoms with E-state index in [1.165, 1.54) is 0 Å². The van der Waals surface area contributed by atoms with Gasteiger partial charge >= 0.3 is 0 Å². The summed E-state index contributed by atoms with van der Waals surface area (Å²) in [5, 5.41) is 0.863. The average molecular weight is 489 g/mol. The Morgan fingerprint density at radius 1 is 0.861 bits per heavy atom. The van der Waals surface area contributed by atoms with Gasteiger partial charge in [0.15, 0.2) is 17.1 Å². The second-order valence-corrected chi connectivity index (χ2v) is 10.6. The first-order valence-electron chi connectivity index (χ1n) is 12.8. The molecule has 0 unspecified atom stereocenters. The number of carbonyl (C=O) groups excluding carboxylic acids is 2. The van der Waals surface area contributed by atoms with Crippen molar-refractivity contribution in [2.24, 2.45) is 5.41 Å². The number of fused-ring (bicyclic) bond motifs is 1. The number of rotatable bonds is 5. The predicted molar refractivity (Wildman–Crippen MR) is 135 cm³/mol. The van der Waals surface area contributed by atoms with E-state index in [0.29, 0.717) is 30.2 Å². The number of hydrogen-bond donors (Lipinski definition) is 0. The monoisotopic (exact) mass is 488 g/mol. The fourth-order valence-corrected chi connectivity index (χ4v) is 6.12. The Balaban J connectivity index is 1.10. The second-order valence-electron chi connectivity index (χ2n) is 10.6. The highest BCUT2D eigenvalue weighted by molar-refractivity contribution is 5.97. The van der Waals surface area contributed by atoms with Crippen LogP contribution in [0.4, 0.5) is 0 Å². The van der Waals surface area contributed by atoms with Gasteiger partial charge < -0.3 is 23.7 Å². The third-order valence-corrected chi connectivity index (χ3v) is 8.58. The summed E-state index contributed by atoms with van der Waals surface area (Å²) in [6, 6.07) is 15.4. The Morgan fingerprint density at radius 3 is 2.19 bits per heavy atom. The quantitative estimate of drug-likeness (QED) is 0.523. The Hall–Kier alpha value is -3.48. The fraction of sp³-hybridized carbons (Fsp3) is 0.448. The SMILES string of the molecule is COc1ccc(C2(C(=O)N3CCC4(CCN(C(=O)c5cc6cccc(OC)c6o5)CC4)C3)CC2)cc1. The van der Waals surface area contributed by atoms with Gasteiger partial charge in [0, 0.05) is 31.6 Å². The molecule has 0 radical (unpaired) electrons. The van der Waals surface area contributed by atoms with Gasteiger partial charge in [-0.1, -0.05) is 24.3 Å². The molecule has 3 aromatic rings. The van der Waals surface area contributed by atoms with E-state index in [0.717, 1.165) is 61.9 Å². The number of ether oxygens (including phenoxy) is 2. The molecule has 2 amide bonds. The van der Waals surface area contributed by atoms with E-state index >= 15 is 0 Å². The molecule has 3 aliphatic rings. The molecule has 2 aliphatic heterocycles. The number of likely N-dealkylation sites (tertiary alicyclic amines) is 2. The zero-order valence-corrected chi connectivity index (χ0v) is 20.9. The largest absolute Gasteiger partial charge is 0.497 e. The Morgan fingerprint density at radius 2 is 1.56 bits per heavy atom. The van der Waals surface area contributed by atoms with E-state index in [1.807, 2.05) is 47.4 Å². The third-order valence-electron chi connectivity index (χ3n) is 8.58. The van der Waals surface area contributed by atoms with E-state index in [-0.39, 0.29) is 22.6 Å². The Labute approximate surface area is 210 Å². The highest BCUT2D eigenvalue weighted by Crippen LogP contribution is 2.52. The van der Waals surface area contributed by atoms with Crippen molar-refractivity contribution >= 4 is 22.8 Å². The molecule has 2 saturated heterocycles. The highest BCUT2D eigenvalue weighted by atomic mass is 16.5. The average Bonchev–Trinajstić information content (AvgIpc) is 3.45. The molecule has 188 valence electrons. The maximum absolute atomic E-state index is 13.6. The number of furan rings is 1. The zero-order valence-electron chi connectivity index (χ0n) is 20.9. The van der Waals surface area contributed by atoms with Gasteiger partial charge in [0.25, 0.3) is 5.91 Å². The lowest BCUT2D eigenvalue weighted by Gasteiger charge is -2.39. The zero-order chi connectivity index (χ0) is 24.9. The van der Waals surface area contributed by atoms with Crippen LogP contribution in [-0.4, -0.2) is 62.0 Å². The number of nitrogens with zero attached hydrogens (tertiary/aromatic N) is 2. The molecule has 1 saturated carbocycles. The normalized spacial score (nSPS) is 20.1. The van der Waals surface area contributed by atoms with Crippen LogP contribution in [0.3, 0.4) is 0 Å². The van der Waals surface area contributed by atoms with Crippen molar-refractivity contribution in [1.29, 1.82) is 0 Å². The molecule has 1 aromatic heterocycles. The van der Waals surface area contributed by atoms with Gasteiger partial charge in [-0.2, -0.15) is 0 Å². The van der Waals surface area contributed by atoms with Crippen molar-refractivity contribution in [1.82, 2.24) is 9.80 Å². The van der Waals surface area contributed by atoms with E-state index in [2.05, 4.69) is 4.90 Å². The van der Waals surface area contributed by atoms with Crippen LogP contribution in [0.25, 0.3) is 11.0 Å². The first kappa shape index (κ1) is 23.0. The molecule has 7 nitrogen and oxygen atoms in total. The lowest BCUT2D eigenvalue weighted by atomic mass is 9.77. The highest BCUT2D eigenvalue weighted by Gasteiger charge is 2.55. The summed E-state index contributed by atoms with van der Waals surface area (Å²) < 4.78 is 16.5. The topological polar surface area (TPSA) is 72.2 Å². The van der Waals surface area contributed by atoms with Gasteiger partial charge in [0.05, 0.1) is 19.6 Å². The molecule has 6 rings (SSSR count).